The average molecular weight is 459 g/mol. The quantitative estimate of drug-likeness (QED) is 0.549. The van der Waals surface area contributed by atoms with E-state index >= 15 is 0 Å². The number of amides is 1. The van der Waals surface area contributed by atoms with E-state index in [9.17, 15) is 13.6 Å². The Morgan fingerprint density at radius 2 is 1.76 bits per heavy atom. The number of carbonyl (C=O) groups excluding carboxylic acids is 1. The van der Waals surface area contributed by atoms with Crippen LogP contribution < -0.4 is 14.2 Å². The summed E-state index contributed by atoms with van der Waals surface area (Å²) in [6.07, 6.45) is 1.33. The molecule has 1 amide bonds. The Labute approximate surface area is 189 Å². The van der Waals surface area contributed by atoms with E-state index in [0.29, 0.717) is 53.9 Å². The molecule has 0 radical (unpaired) electrons. The number of methoxy groups -OCH3 is 3. The van der Waals surface area contributed by atoms with Crippen molar-refractivity contribution in [2.75, 3.05) is 34.4 Å². The molecule has 1 fully saturated rings. The van der Waals surface area contributed by atoms with Crippen LogP contribution in [0.25, 0.3) is 11.4 Å². The monoisotopic (exact) mass is 459 g/mol. The molecule has 1 aliphatic rings. The molecule has 2 aromatic carbocycles. The molecule has 0 aliphatic carbocycles. The molecular formula is C23H23F2N3O5. The number of rotatable bonds is 6. The molecule has 0 unspecified atom stereocenters. The van der Waals surface area contributed by atoms with Gasteiger partial charge in [-0.2, -0.15) is 4.98 Å². The van der Waals surface area contributed by atoms with Crippen LogP contribution in [-0.4, -0.2) is 55.4 Å². The van der Waals surface area contributed by atoms with Gasteiger partial charge in [-0.15, -0.1) is 0 Å². The lowest BCUT2D eigenvalue weighted by molar-refractivity contribution is 0.0686. The maximum absolute atomic E-state index is 14.1. The molecule has 8 nitrogen and oxygen atoms in total. The molecule has 4 rings (SSSR count). The molecule has 0 N–H and O–H groups in total. The molecule has 1 atom stereocenters. The van der Waals surface area contributed by atoms with Gasteiger partial charge in [0.05, 0.1) is 27.2 Å². The molecular weight excluding hydrogens is 436 g/mol. The molecule has 1 aliphatic heterocycles. The summed E-state index contributed by atoms with van der Waals surface area (Å²) in [7, 11) is 4.53. The molecule has 2 heterocycles. The van der Waals surface area contributed by atoms with Crippen molar-refractivity contribution in [3.63, 3.8) is 0 Å². The second-order valence-electron chi connectivity index (χ2n) is 7.56. The zero-order chi connectivity index (χ0) is 23.5. The Balaban J connectivity index is 1.57. The number of hydrogen-bond donors (Lipinski definition) is 0. The number of nitrogens with zero attached hydrogens (tertiary/aromatic N) is 3. The van der Waals surface area contributed by atoms with Crippen molar-refractivity contribution in [3.05, 3.63) is 53.4 Å². The smallest absolute Gasteiger partial charge is 0.259 e. The number of likely N-dealkylation sites (tertiary alicyclic amines) is 1. The number of halogens is 2. The predicted octanol–water partition coefficient (Wildman–Crippen LogP) is 4.06. The Morgan fingerprint density at radius 3 is 2.36 bits per heavy atom. The Kier molecular flexibility index (Phi) is 6.43. The van der Waals surface area contributed by atoms with Crippen molar-refractivity contribution >= 4 is 5.91 Å². The molecule has 0 bridgehead atoms. The van der Waals surface area contributed by atoms with Crippen LogP contribution in [0.3, 0.4) is 0 Å². The second-order valence-corrected chi connectivity index (χ2v) is 7.56. The minimum Gasteiger partial charge on any atom is -0.493 e. The summed E-state index contributed by atoms with van der Waals surface area (Å²) in [5.41, 5.74) is 0.0402. The first kappa shape index (κ1) is 22.5. The Bertz CT molecular complexity index is 1120. The fourth-order valence-corrected chi connectivity index (χ4v) is 3.95. The highest BCUT2D eigenvalue weighted by atomic mass is 19.1. The van der Waals surface area contributed by atoms with Gasteiger partial charge in [0.2, 0.25) is 17.5 Å². The summed E-state index contributed by atoms with van der Waals surface area (Å²) in [6.45, 7) is 0.598. The van der Waals surface area contributed by atoms with Gasteiger partial charge in [0.1, 0.15) is 17.2 Å². The van der Waals surface area contributed by atoms with Gasteiger partial charge in [0.25, 0.3) is 5.91 Å². The minimum atomic E-state index is -0.885. The number of carbonyl (C=O) groups is 1. The maximum Gasteiger partial charge on any atom is 0.259 e. The molecule has 33 heavy (non-hydrogen) atoms. The summed E-state index contributed by atoms with van der Waals surface area (Å²) in [4.78, 5) is 18.7. The minimum absolute atomic E-state index is 0.212. The fourth-order valence-electron chi connectivity index (χ4n) is 3.95. The molecule has 0 spiro atoms. The van der Waals surface area contributed by atoms with E-state index in [2.05, 4.69) is 10.1 Å². The number of piperidine rings is 1. The first-order valence-electron chi connectivity index (χ1n) is 10.3. The van der Waals surface area contributed by atoms with Gasteiger partial charge < -0.3 is 23.6 Å². The number of hydrogen-bond acceptors (Lipinski definition) is 7. The molecule has 0 saturated carbocycles. The highest BCUT2D eigenvalue weighted by molar-refractivity contribution is 5.94. The normalized spacial score (nSPS) is 15.9. The van der Waals surface area contributed by atoms with Crippen molar-refractivity contribution in [2.24, 2.45) is 0 Å². The zero-order valence-corrected chi connectivity index (χ0v) is 18.4. The van der Waals surface area contributed by atoms with Gasteiger partial charge in [-0.3, -0.25) is 4.79 Å². The first-order valence-corrected chi connectivity index (χ1v) is 10.3. The zero-order valence-electron chi connectivity index (χ0n) is 18.4. The van der Waals surface area contributed by atoms with Crippen LogP contribution in [0.15, 0.2) is 34.9 Å². The standard InChI is InChI=1S/C23H23F2N3O5/c1-30-17-10-14(11-18(31-2)20(17)32-3)21-26-22(33-27-21)13-6-5-9-28(12-13)23(29)19-15(24)7-4-8-16(19)25/h4,7-8,10-11,13H,5-6,9,12H2,1-3H3/t13-/m1/s1. The number of ether oxygens (including phenoxy) is 3. The van der Waals surface area contributed by atoms with Crippen LogP contribution >= 0.6 is 0 Å². The highest BCUT2D eigenvalue weighted by Gasteiger charge is 2.31. The highest BCUT2D eigenvalue weighted by Crippen LogP contribution is 2.41. The van der Waals surface area contributed by atoms with Crippen LogP contribution in [0.2, 0.25) is 0 Å². The van der Waals surface area contributed by atoms with Crippen molar-refractivity contribution in [1.82, 2.24) is 15.0 Å². The maximum atomic E-state index is 14.1. The van der Waals surface area contributed by atoms with Crippen molar-refractivity contribution in [2.45, 2.75) is 18.8 Å². The summed E-state index contributed by atoms with van der Waals surface area (Å²) in [6, 6.07) is 6.77. The van der Waals surface area contributed by atoms with E-state index in [1.165, 1.54) is 32.3 Å². The second kappa shape index (κ2) is 9.43. The van der Waals surface area contributed by atoms with Gasteiger partial charge in [0.15, 0.2) is 11.5 Å². The third kappa shape index (κ3) is 4.33. The molecule has 3 aromatic rings. The first-order chi connectivity index (χ1) is 16.0. The lowest BCUT2D eigenvalue weighted by atomic mass is 9.97. The lowest BCUT2D eigenvalue weighted by Crippen LogP contribution is -2.40. The molecule has 1 aromatic heterocycles. The van der Waals surface area contributed by atoms with Gasteiger partial charge >= 0.3 is 0 Å². The van der Waals surface area contributed by atoms with E-state index in [1.54, 1.807) is 12.1 Å². The SMILES string of the molecule is COc1cc(-c2noc([C@@H]3CCCN(C(=O)c4c(F)cccc4F)C3)n2)cc(OC)c1OC. The van der Waals surface area contributed by atoms with Crippen molar-refractivity contribution in [1.29, 1.82) is 0 Å². The van der Waals surface area contributed by atoms with Gasteiger partial charge in [0, 0.05) is 18.7 Å². The fraction of sp³-hybridized carbons (Fsp3) is 0.348. The summed E-state index contributed by atoms with van der Waals surface area (Å²) >= 11 is 0. The van der Waals surface area contributed by atoms with E-state index in [-0.39, 0.29) is 12.5 Å². The van der Waals surface area contributed by atoms with E-state index in [1.807, 2.05) is 0 Å². The predicted molar refractivity (Wildman–Crippen MR) is 114 cm³/mol. The average Bonchev–Trinajstić information content (AvgIpc) is 3.33. The number of aromatic nitrogens is 2. The van der Waals surface area contributed by atoms with Gasteiger partial charge in [-0.25, -0.2) is 8.78 Å². The molecule has 1 saturated heterocycles. The van der Waals surface area contributed by atoms with Gasteiger partial charge in [-0.1, -0.05) is 11.2 Å². The Morgan fingerprint density at radius 1 is 1.09 bits per heavy atom. The van der Waals surface area contributed by atoms with Crippen LogP contribution in [-0.2, 0) is 0 Å². The third-order valence-electron chi connectivity index (χ3n) is 5.60. The van der Waals surface area contributed by atoms with E-state index < -0.39 is 23.1 Å². The van der Waals surface area contributed by atoms with Crippen LogP contribution in [0.4, 0.5) is 8.78 Å². The topological polar surface area (TPSA) is 86.9 Å². The molecule has 174 valence electrons. The Hall–Kier alpha value is -3.69. The lowest BCUT2D eigenvalue weighted by Gasteiger charge is -2.31. The van der Waals surface area contributed by atoms with E-state index in [4.69, 9.17) is 18.7 Å². The van der Waals surface area contributed by atoms with E-state index in [0.717, 1.165) is 12.1 Å². The van der Waals surface area contributed by atoms with Crippen molar-refractivity contribution < 1.29 is 32.3 Å². The van der Waals surface area contributed by atoms with Crippen molar-refractivity contribution in [3.8, 4) is 28.6 Å². The summed E-state index contributed by atoms with van der Waals surface area (Å²) < 4.78 is 49.7. The van der Waals surface area contributed by atoms with Crippen LogP contribution in [0.1, 0.15) is 35.0 Å². The van der Waals surface area contributed by atoms with Gasteiger partial charge in [-0.05, 0) is 37.1 Å². The third-order valence-corrected chi connectivity index (χ3v) is 5.60. The van der Waals surface area contributed by atoms with Crippen LogP contribution in [0, 0.1) is 11.6 Å². The summed E-state index contributed by atoms with van der Waals surface area (Å²) in [5, 5.41) is 4.06. The largest absolute Gasteiger partial charge is 0.493 e. The summed E-state index contributed by atoms with van der Waals surface area (Å²) in [5.74, 6) is -0.749. The van der Waals surface area contributed by atoms with Crippen LogP contribution in [0.5, 0.6) is 17.2 Å². The molecule has 10 heteroatoms. The number of benzene rings is 2.